The van der Waals surface area contributed by atoms with Gasteiger partial charge in [0.2, 0.25) is 5.91 Å². The highest BCUT2D eigenvalue weighted by Gasteiger charge is 2.19. The average Bonchev–Trinajstić information content (AvgIpc) is 2.64. The number of nitrogens with zero attached hydrogens (tertiary/aromatic N) is 1. The minimum absolute atomic E-state index is 0.0811. The zero-order valence-corrected chi connectivity index (χ0v) is 17.8. The zero-order valence-electron chi connectivity index (χ0n) is 17.8. The van der Waals surface area contributed by atoms with Crippen LogP contribution in [0.3, 0.4) is 0 Å². The van der Waals surface area contributed by atoms with Crippen molar-refractivity contribution >= 4 is 17.8 Å². The smallest absolute Gasteiger partial charge is 0.326 e. The summed E-state index contributed by atoms with van der Waals surface area (Å²) >= 11 is 0. The van der Waals surface area contributed by atoms with Crippen LogP contribution in [0.1, 0.15) is 103 Å². The van der Waals surface area contributed by atoms with Crippen molar-refractivity contribution in [2.75, 3.05) is 6.54 Å². The van der Waals surface area contributed by atoms with Gasteiger partial charge in [-0.1, -0.05) is 84.0 Å². The summed E-state index contributed by atoms with van der Waals surface area (Å²) < 4.78 is 0. The van der Waals surface area contributed by atoms with Crippen molar-refractivity contribution in [3.8, 4) is 0 Å². The molecule has 0 saturated heterocycles. The van der Waals surface area contributed by atoms with Crippen LogP contribution in [0.4, 0.5) is 0 Å². The van der Waals surface area contributed by atoms with Gasteiger partial charge in [-0.05, 0) is 12.8 Å². The number of carbonyl (C=O) groups excluding carboxylic acids is 1. The Bertz CT molecular complexity index is 437. The number of nitrogens with one attached hydrogen (secondary N) is 1. The van der Waals surface area contributed by atoms with Gasteiger partial charge in [0.1, 0.15) is 6.04 Å². The first-order valence-electron chi connectivity index (χ1n) is 11.0. The standard InChI is InChI=1S/C21H42N4O3/c1-2-3-4-5-6-7-8-9-10-11-12-13-14-15-19(26)25-18(20(27)28)16-17-24-21(22)23/h18H,2-17H2,1H3,(H,25,26)(H,27,28)(H4,22,23,24)/t18-/m0/s1. The number of unbranched alkanes of at least 4 members (excludes halogenated alkanes) is 12. The molecule has 0 saturated carbocycles. The summed E-state index contributed by atoms with van der Waals surface area (Å²) in [7, 11) is 0. The van der Waals surface area contributed by atoms with Crippen molar-refractivity contribution in [3.63, 3.8) is 0 Å². The van der Waals surface area contributed by atoms with E-state index in [0.29, 0.717) is 6.42 Å². The number of hydrogen-bond acceptors (Lipinski definition) is 3. The number of carbonyl (C=O) groups is 2. The maximum atomic E-state index is 11.9. The van der Waals surface area contributed by atoms with E-state index in [9.17, 15) is 9.59 Å². The lowest BCUT2D eigenvalue weighted by molar-refractivity contribution is -0.142. The van der Waals surface area contributed by atoms with Crippen molar-refractivity contribution in [3.05, 3.63) is 0 Å². The minimum atomic E-state index is -1.07. The molecule has 1 amide bonds. The number of guanidine groups is 1. The predicted molar refractivity (Wildman–Crippen MR) is 115 cm³/mol. The fourth-order valence-electron chi connectivity index (χ4n) is 3.15. The molecular weight excluding hydrogens is 356 g/mol. The molecule has 0 bridgehead atoms. The summed E-state index contributed by atoms with van der Waals surface area (Å²) in [4.78, 5) is 26.8. The summed E-state index contributed by atoms with van der Waals surface area (Å²) in [5.74, 6) is -1.37. The Morgan fingerprint density at radius 3 is 1.75 bits per heavy atom. The van der Waals surface area contributed by atoms with E-state index in [1.54, 1.807) is 0 Å². The molecule has 0 rings (SSSR count). The first-order valence-corrected chi connectivity index (χ1v) is 11.0. The van der Waals surface area contributed by atoms with E-state index >= 15 is 0 Å². The van der Waals surface area contributed by atoms with Gasteiger partial charge in [-0.15, -0.1) is 0 Å². The Hall–Kier alpha value is -1.79. The summed E-state index contributed by atoms with van der Waals surface area (Å²) in [6, 6.07) is -0.947. The number of hydrogen-bond donors (Lipinski definition) is 4. The SMILES string of the molecule is CCCCCCCCCCCCCCCC(=O)N[C@@H](CCN=C(N)N)C(=O)O. The second kappa shape index (κ2) is 18.6. The average molecular weight is 399 g/mol. The van der Waals surface area contributed by atoms with Crippen LogP contribution in [-0.4, -0.2) is 35.5 Å². The fourth-order valence-corrected chi connectivity index (χ4v) is 3.15. The van der Waals surface area contributed by atoms with Crippen LogP contribution in [0, 0.1) is 0 Å². The number of rotatable bonds is 19. The van der Waals surface area contributed by atoms with Gasteiger partial charge in [-0.25, -0.2) is 4.79 Å². The minimum Gasteiger partial charge on any atom is -0.480 e. The van der Waals surface area contributed by atoms with Crippen LogP contribution >= 0.6 is 0 Å². The highest BCUT2D eigenvalue weighted by Crippen LogP contribution is 2.13. The molecule has 0 radical (unpaired) electrons. The maximum Gasteiger partial charge on any atom is 0.326 e. The van der Waals surface area contributed by atoms with E-state index in [0.717, 1.165) is 19.3 Å². The Balaban J connectivity index is 3.57. The highest BCUT2D eigenvalue weighted by atomic mass is 16.4. The van der Waals surface area contributed by atoms with Gasteiger partial charge in [0.25, 0.3) is 0 Å². The quantitative estimate of drug-likeness (QED) is 0.150. The van der Waals surface area contributed by atoms with Crippen LogP contribution < -0.4 is 16.8 Å². The molecule has 0 aromatic carbocycles. The van der Waals surface area contributed by atoms with Crippen LogP contribution in [0.15, 0.2) is 4.99 Å². The summed E-state index contributed by atoms with van der Waals surface area (Å²) in [5.41, 5.74) is 10.4. The second-order valence-corrected chi connectivity index (χ2v) is 7.55. The number of amides is 1. The van der Waals surface area contributed by atoms with E-state index < -0.39 is 12.0 Å². The lowest BCUT2D eigenvalue weighted by Gasteiger charge is -2.13. The number of carboxylic acids is 1. The van der Waals surface area contributed by atoms with Crippen molar-refractivity contribution in [2.24, 2.45) is 16.5 Å². The summed E-state index contributed by atoms with van der Waals surface area (Å²) in [6.07, 6.45) is 16.8. The van der Waals surface area contributed by atoms with Crippen LogP contribution in [0.5, 0.6) is 0 Å². The Kier molecular flexibility index (Phi) is 17.4. The molecule has 0 aliphatic rings. The van der Waals surface area contributed by atoms with Crippen LogP contribution in [0.25, 0.3) is 0 Å². The Morgan fingerprint density at radius 2 is 1.32 bits per heavy atom. The van der Waals surface area contributed by atoms with Gasteiger partial charge < -0.3 is 21.9 Å². The molecule has 0 aliphatic carbocycles. The molecule has 6 N–H and O–H groups in total. The van der Waals surface area contributed by atoms with Gasteiger partial charge in [0.15, 0.2) is 5.96 Å². The number of nitrogens with two attached hydrogens (primary N) is 2. The number of aliphatic imine (C=N–C) groups is 1. The van der Waals surface area contributed by atoms with Gasteiger partial charge in [-0.3, -0.25) is 9.79 Å². The zero-order chi connectivity index (χ0) is 21.0. The van der Waals surface area contributed by atoms with Crippen molar-refractivity contribution in [1.29, 1.82) is 0 Å². The lowest BCUT2D eigenvalue weighted by Crippen LogP contribution is -2.41. The number of aliphatic carboxylic acids is 1. The van der Waals surface area contributed by atoms with Gasteiger partial charge in [0, 0.05) is 13.0 Å². The molecule has 7 heteroatoms. The van der Waals surface area contributed by atoms with E-state index in [1.807, 2.05) is 0 Å². The van der Waals surface area contributed by atoms with Crippen molar-refractivity contribution < 1.29 is 14.7 Å². The largest absolute Gasteiger partial charge is 0.480 e. The topological polar surface area (TPSA) is 131 Å². The second-order valence-electron chi connectivity index (χ2n) is 7.55. The lowest BCUT2D eigenvalue weighted by atomic mass is 10.0. The first-order chi connectivity index (χ1) is 13.5. The summed E-state index contributed by atoms with van der Waals surface area (Å²) in [6.45, 7) is 2.43. The van der Waals surface area contributed by atoms with Gasteiger partial charge in [-0.2, -0.15) is 0 Å². The first kappa shape index (κ1) is 26.2. The van der Waals surface area contributed by atoms with E-state index in [2.05, 4.69) is 17.2 Å². The highest BCUT2D eigenvalue weighted by molar-refractivity contribution is 5.83. The maximum absolute atomic E-state index is 11.9. The molecule has 1 atom stereocenters. The Morgan fingerprint density at radius 1 is 0.857 bits per heavy atom. The van der Waals surface area contributed by atoms with E-state index in [1.165, 1.54) is 64.2 Å². The normalized spacial score (nSPS) is 11.8. The van der Waals surface area contributed by atoms with Crippen LogP contribution in [-0.2, 0) is 9.59 Å². The van der Waals surface area contributed by atoms with E-state index in [-0.39, 0.29) is 24.8 Å². The third-order valence-electron chi connectivity index (χ3n) is 4.85. The molecule has 0 heterocycles. The van der Waals surface area contributed by atoms with Crippen LogP contribution in [0.2, 0.25) is 0 Å². The van der Waals surface area contributed by atoms with Gasteiger partial charge >= 0.3 is 5.97 Å². The molecule has 0 aromatic heterocycles. The van der Waals surface area contributed by atoms with Crippen molar-refractivity contribution in [1.82, 2.24) is 5.32 Å². The summed E-state index contributed by atoms with van der Waals surface area (Å²) in [5, 5.41) is 11.7. The van der Waals surface area contributed by atoms with Gasteiger partial charge in [0.05, 0.1) is 0 Å². The molecular formula is C21H42N4O3. The number of carboxylic acid groups (broad SMARTS) is 1. The monoisotopic (exact) mass is 398 g/mol. The molecule has 28 heavy (non-hydrogen) atoms. The third kappa shape index (κ3) is 17.6. The van der Waals surface area contributed by atoms with E-state index in [4.69, 9.17) is 16.6 Å². The molecule has 0 spiro atoms. The Labute approximate surface area is 170 Å². The molecule has 7 nitrogen and oxygen atoms in total. The fraction of sp³-hybridized carbons (Fsp3) is 0.857. The molecule has 0 aliphatic heterocycles. The molecule has 0 aromatic rings. The third-order valence-corrected chi connectivity index (χ3v) is 4.85. The molecule has 0 fully saturated rings. The molecule has 164 valence electrons. The molecule has 0 unspecified atom stereocenters. The van der Waals surface area contributed by atoms with Crippen molar-refractivity contribution in [2.45, 2.75) is 109 Å². The predicted octanol–water partition coefficient (Wildman–Crippen LogP) is 3.70.